The summed E-state index contributed by atoms with van der Waals surface area (Å²) >= 11 is 0. The number of hydrogen-bond acceptors (Lipinski definition) is 4. The van der Waals surface area contributed by atoms with Gasteiger partial charge in [-0.1, -0.05) is 43.7 Å². The number of sulfonamides is 1. The molecule has 0 spiro atoms. The van der Waals surface area contributed by atoms with E-state index in [4.69, 9.17) is 0 Å². The second-order valence-corrected chi connectivity index (χ2v) is 8.81. The van der Waals surface area contributed by atoms with Gasteiger partial charge in [0.2, 0.25) is 15.9 Å². The standard InChI is InChI=1S/C21H29N3O3S/c1-4-5-15-24(3)28(26,27)20-13-11-19(12-14-20)23-21(25)16-22-17(2)18-9-7-6-8-10-18/h6-14,17,22H,4-5,15-16H2,1-3H3,(H,23,25)/t17-/m1/s1. The van der Waals surface area contributed by atoms with Gasteiger partial charge in [-0.15, -0.1) is 0 Å². The van der Waals surface area contributed by atoms with E-state index in [1.54, 1.807) is 19.2 Å². The molecule has 0 saturated carbocycles. The van der Waals surface area contributed by atoms with E-state index in [1.807, 2.05) is 44.2 Å². The minimum Gasteiger partial charge on any atom is -0.325 e. The van der Waals surface area contributed by atoms with Crippen molar-refractivity contribution in [3.8, 4) is 0 Å². The van der Waals surface area contributed by atoms with Crippen LogP contribution in [-0.4, -0.2) is 38.8 Å². The lowest BCUT2D eigenvalue weighted by Gasteiger charge is -2.17. The molecule has 2 aromatic carbocycles. The molecule has 0 bridgehead atoms. The third-order valence-corrected chi connectivity index (χ3v) is 6.41. The monoisotopic (exact) mass is 403 g/mol. The number of hydrogen-bond donors (Lipinski definition) is 2. The summed E-state index contributed by atoms with van der Waals surface area (Å²) in [6, 6.07) is 16.2. The summed E-state index contributed by atoms with van der Waals surface area (Å²) in [5.74, 6) is -0.182. The summed E-state index contributed by atoms with van der Waals surface area (Å²) in [5.41, 5.74) is 1.67. The lowest BCUT2D eigenvalue weighted by molar-refractivity contribution is -0.115. The van der Waals surface area contributed by atoms with Crippen LogP contribution >= 0.6 is 0 Å². The maximum absolute atomic E-state index is 12.5. The van der Waals surface area contributed by atoms with Gasteiger partial charge in [0.25, 0.3) is 0 Å². The van der Waals surface area contributed by atoms with Crippen molar-refractivity contribution in [2.24, 2.45) is 0 Å². The average molecular weight is 404 g/mol. The Labute approximate surface area is 168 Å². The number of unbranched alkanes of at least 4 members (excludes halogenated alkanes) is 1. The fraction of sp³-hybridized carbons (Fsp3) is 0.381. The van der Waals surface area contributed by atoms with Crippen LogP contribution in [0.4, 0.5) is 5.69 Å². The van der Waals surface area contributed by atoms with Crippen LogP contribution in [0, 0.1) is 0 Å². The average Bonchev–Trinajstić information content (AvgIpc) is 2.71. The molecule has 0 unspecified atom stereocenters. The van der Waals surface area contributed by atoms with Crippen molar-refractivity contribution in [1.82, 2.24) is 9.62 Å². The molecule has 152 valence electrons. The van der Waals surface area contributed by atoms with E-state index >= 15 is 0 Å². The van der Waals surface area contributed by atoms with E-state index < -0.39 is 10.0 Å². The maximum atomic E-state index is 12.5. The number of rotatable bonds is 10. The van der Waals surface area contributed by atoms with Crippen molar-refractivity contribution >= 4 is 21.6 Å². The third kappa shape index (κ3) is 6.15. The number of nitrogens with one attached hydrogen (secondary N) is 2. The Balaban J connectivity index is 1.90. The second kappa shape index (κ2) is 10.4. The van der Waals surface area contributed by atoms with Crippen molar-refractivity contribution in [3.05, 3.63) is 60.2 Å². The van der Waals surface area contributed by atoms with E-state index in [0.717, 1.165) is 18.4 Å². The van der Waals surface area contributed by atoms with Gasteiger partial charge in [0.05, 0.1) is 11.4 Å². The summed E-state index contributed by atoms with van der Waals surface area (Å²) in [5, 5.41) is 5.96. The Morgan fingerprint density at radius 1 is 1.07 bits per heavy atom. The Morgan fingerprint density at radius 2 is 1.71 bits per heavy atom. The van der Waals surface area contributed by atoms with Crippen molar-refractivity contribution < 1.29 is 13.2 Å². The molecule has 2 N–H and O–H groups in total. The molecule has 0 saturated heterocycles. The van der Waals surface area contributed by atoms with E-state index in [0.29, 0.717) is 12.2 Å². The van der Waals surface area contributed by atoms with Crippen molar-refractivity contribution in [2.75, 3.05) is 25.5 Å². The molecule has 28 heavy (non-hydrogen) atoms. The number of amides is 1. The lowest BCUT2D eigenvalue weighted by Crippen LogP contribution is -2.30. The van der Waals surface area contributed by atoms with Gasteiger partial charge in [0, 0.05) is 25.3 Å². The van der Waals surface area contributed by atoms with Crippen molar-refractivity contribution in [3.63, 3.8) is 0 Å². The Bertz CT molecular complexity index is 852. The van der Waals surface area contributed by atoms with Gasteiger partial charge < -0.3 is 10.6 Å². The van der Waals surface area contributed by atoms with Gasteiger partial charge in [0.15, 0.2) is 0 Å². The van der Waals surface area contributed by atoms with Crippen LogP contribution in [-0.2, 0) is 14.8 Å². The Morgan fingerprint density at radius 3 is 2.32 bits per heavy atom. The second-order valence-electron chi connectivity index (χ2n) is 6.77. The zero-order chi connectivity index (χ0) is 20.6. The molecule has 1 atom stereocenters. The first-order chi connectivity index (χ1) is 13.3. The molecular weight excluding hydrogens is 374 g/mol. The van der Waals surface area contributed by atoms with Crippen LogP contribution in [0.1, 0.15) is 38.3 Å². The first kappa shape index (κ1) is 22.1. The SMILES string of the molecule is CCCCN(C)S(=O)(=O)c1ccc(NC(=O)CN[C@H](C)c2ccccc2)cc1. The molecule has 7 heteroatoms. The molecule has 0 radical (unpaired) electrons. The van der Waals surface area contributed by atoms with Gasteiger partial charge in [-0.05, 0) is 43.2 Å². The van der Waals surface area contributed by atoms with Gasteiger partial charge in [-0.25, -0.2) is 12.7 Å². The third-order valence-electron chi connectivity index (χ3n) is 4.54. The Kier molecular flexibility index (Phi) is 8.17. The zero-order valence-electron chi connectivity index (χ0n) is 16.7. The number of nitrogens with zero attached hydrogens (tertiary/aromatic N) is 1. The molecule has 0 fully saturated rings. The molecule has 6 nitrogen and oxygen atoms in total. The lowest BCUT2D eigenvalue weighted by atomic mass is 10.1. The molecule has 0 aliphatic heterocycles. The van der Waals surface area contributed by atoms with Crippen molar-refractivity contribution in [2.45, 2.75) is 37.6 Å². The molecule has 2 rings (SSSR count). The van der Waals surface area contributed by atoms with Crippen LogP contribution in [0.25, 0.3) is 0 Å². The van der Waals surface area contributed by atoms with E-state index in [9.17, 15) is 13.2 Å². The molecular formula is C21H29N3O3S. The maximum Gasteiger partial charge on any atom is 0.242 e. The molecule has 0 aliphatic carbocycles. The molecule has 1 amide bonds. The molecule has 2 aromatic rings. The van der Waals surface area contributed by atoms with E-state index in [2.05, 4.69) is 10.6 Å². The minimum absolute atomic E-state index is 0.0538. The molecule has 0 heterocycles. The first-order valence-electron chi connectivity index (χ1n) is 9.49. The normalized spacial score (nSPS) is 12.7. The largest absolute Gasteiger partial charge is 0.325 e. The highest BCUT2D eigenvalue weighted by atomic mass is 32.2. The van der Waals surface area contributed by atoms with Crippen LogP contribution in [0.5, 0.6) is 0 Å². The van der Waals surface area contributed by atoms with Crippen LogP contribution in [0.2, 0.25) is 0 Å². The van der Waals surface area contributed by atoms with Crippen LogP contribution < -0.4 is 10.6 Å². The fourth-order valence-electron chi connectivity index (χ4n) is 2.70. The number of carbonyl (C=O) groups excluding carboxylic acids is 1. The summed E-state index contributed by atoms with van der Waals surface area (Å²) < 4.78 is 26.4. The van der Waals surface area contributed by atoms with Crippen LogP contribution in [0.15, 0.2) is 59.5 Å². The van der Waals surface area contributed by atoms with E-state index in [-0.39, 0.29) is 23.4 Å². The van der Waals surface area contributed by atoms with Crippen molar-refractivity contribution in [1.29, 1.82) is 0 Å². The van der Waals surface area contributed by atoms with Crippen LogP contribution in [0.3, 0.4) is 0 Å². The Hall–Kier alpha value is -2.22. The first-order valence-corrected chi connectivity index (χ1v) is 10.9. The number of carbonyl (C=O) groups is 1. The quantitative estimate of drug-likeness (QED) is 0.637. The summed E-state index contributed by atoms with van der Waals surface area (Å²) in [4.78, 5) is 12.4. The van der Waals surface area contributed by atoms with Gasteiger partial charge in [0.1, 0.15) is 0 Å². The highest BCUT2D eigenvalue weighted by Crippen LogP contribution is 2.18. The molecule has 0 aromatic heterocycles. The zero-order valence-corrected chi connectivity index (χ0v) is 17.5. The van der Waals surface area contributed by atoms with Gasteiger partial charge in [-0.2, -0.15) is 0 Å². The molecule has 0 aliphatic rings. The van der Waals surface area contributed by atoms with E-state index in [1.165, 1.54) is 16.4 Å². The summed E-state index contributed by atoms with van der Waals surface area (Å²) in [6.07, 6.45) is 1.75. The fourth-order valence-corrected chi connectivity index (χ4v) is 3.91. The topological polar surface area (TPSA) is 78.5 Å². The highest BCUT2D eigenvalue weighted by molar-refractivity contribution is 7.89. The van der Waals surface area contributed by atoms with Gasteiger partial charge >= 0.3 is 0 Å². The predicted molar refractivity (Wildman–Crippen MR) is 113 cm³/mol. The smallest absolute Gasteiger partial charge is 0.242 e. The summed E-state index contributed by atoms with van der Waals surface area (Å²) in [7, 11) is -1.92. The number of anilines is 1. The predicted octanol–water partition coefficient (Wildman–Crippen LogP) is 3.40. The minimum atomic E-state index is -3.50. The highest BCUT2D eigenvalue weighted by Gasteiger charge is 2.20. The van der Waals surface area contributed by atoms with Gasteiger partial charge in [-0.3, -0.25) is 4.79 Å². The number of benzene rings is 2. The summed E-state index contributed by atoms with van der Waals surface area (Å²) in [6.45, 7) is 4.67.